The number of nitrogens with one attached hydrogen (secondary N) is 2. The van der Waals surface area contributed by atoms with E-state index in [4.69, 9.17) is 8.83 Å². The van der Waals surface area contributed by atoms with Gasteiger partial charge in [0.1, 0.15) is 5.76 Å². The SMILES string of the molecule is CCN(CC)Cc1ccc(C(=O)NNC(=O)CCCc2ncc(-c3ccccc3)o2)o1. The van der Waals surface area contributed by atoms with E-state index in [1.54, 1.807) is 18.3 Å². The molecule has 3 aromatic rings. The highest BCUT2D eigenvalue weighted by Crippen LogP contribution is 2.20. The number of nitrogens with zero attached hydrogens (tertiary/aromatic N) is 2. The Balaban J connectivity index is 1.38. The van der Waals surface area contributed by atoms with Crippen molar-refractivity contribution in [1.82, 2.24) is 20.7 Å². The first-order valence-electron chi connectivity index (χ1n) is 10.5. The fourth-order valence-electron chi connectivity index (χ4n) is 3.06. The van der Waals surface area contributed by atoms with Gasteiger partial charge < -0.3 is 8.83 Å². The molecule has 0 radical (unpaired) electrons. The summed E-state index contributed by atoms with van der Waals surface area (Å²) in [5, 5.41) is 0. The third-order valence-corrected chi connectivity index (χ3v) is 4.88. The van der Waals surface area contributed by atoms with Crippen LogP contribution in [0.25, 0.3) is 11.3 Å². The lowest BCUT2D eigenvalue weighted by molar-refractivity contribution is -0.121. The van der Waals surface area contributed by atoms with Crippen LogP contribution in [0, 0.1) is 0 Å². The monoisotopic (exact) mass is 424 g/mol. The summed E-state index contributed by atoms with van der Waals surface area (Å²) in [6.45, 7) is 6.57. The normalized spacial score (nSPS) is 10.9. The number of rotatable bonds is 10. The van der Waals surface area contributed by atoms with E-state index in [0.717, 1.165) is 18.7 Å². The molecule has 1 aromatic carbocycles. The van der Waals surface area contributed by atoms with Gasteiger partial charge in [-0.2, -0.15) is 0 Å². The number of benzene rings is 1. The first-order valence-corrected chi connectivity index (χ1v) is 10.5. The van der Waals surface area contributed by atoms with Gasteiger partial charge >= 0.3 is 5.91 Å². The van der Waals surface area contributed by atoms with E-state index in [-0.39, 0.29) is 18.1 Å². The maximum Gasteiger partial charge on any atom is 0.305 e. The number of aromatic nitrogens is 1. The molecule has 2 N–H and O–H groups in total. The van der Waals surface area contributed by atoms with Crippen LogP contribution in [-0.2, 0) is 17.8 Å². The van der Waals surface area contributed by atoms with Crippen molar-refractivity contribution >= 4 is 11.8 Å². The average molecular weight is 425 g/mol. The topological polar surface area (TPSA) is 101 Å². The van der Waals surface area contributed by atoms with Crippen molar-refractivity contribution in [2.24, 2.45) is 0 Å². The van der Waals surface area contributed by atoms with Crippen LogP contribution in [0.1, 0.15) is 48.9 Å². The molecule has 0 aliphatic rings. The Labute approximate surface area is 181 Å². The summed E-state index contributed by atoms with van der Waals surface area (Å²) in [5.41, 5.74) is 5.75. The van der Waals surface area contributed by atoms with Gasteiger partial charge in [-0.15, -0.1) is 0 Å². The van der Waals surface area contributed by atoms with Crippen LogP contribution in [0.3, 0.4) is 0 Å². The van der Waals surface area contributed by atoms with E-state index in [1.807, 2.05) is 30.3 Å². The van der Waals surface area contributed by atoms with Gasteiger partial charge in [-0.05, 0) is 31.6 Å². The molecule has 0 saturated heterocycles. The van der Waals surface area contributed by atoms with E-state index in [2.05, 4.69) is 34.6 Å². The number of hydrazine groups is 1. The quantitative estimate of drug-likeness (QED) is 0.483. The van der Waals surface area contributed by atoms with Crippen LogP contribution in [0.15, 0.2) is 57.5 Å². The highest BCUT2D eigenvalue weighted by atomic mass is 16.4. The Morgan fingerprint density at radius 3 is 2.52 bits per heavy atom. The third-order valence-electron chi connectivity index (χ3n) is 4.88. The molecule has 8 heteroatoms. The van der Waals surface area contributed by atoms with E-state index < -0.39 is 5.91 Å². The van der Waals surface area contributed by atoms with Crippen molar-refractivity contribution in [2.45, 2.75) is 39.7 Å². The highest BCUT2D eigenvalue weighted by Gasteiger charge is 2.14. The molecule has 31 heavy (non-hydrogen) atoms. The van der Waals surface area contributed by atoms with Crippen LogP contribution >= 0.6 is 0 Å². The molecule has 3 rings (SSSR count). The first-order chi connectivity index (χ1) is 15.1. The van der Waals surface area contributed by atoms with Gasteiger partial charge in [-0.1, -0.05) is 44.2 Å². The summed E-state index contributed by atoms with van der Waals surface area (Å²) in [6, 6.07) is 13.1. The van der Waals surface area contributed by atoms with Crippen molar-refractivity contribution in [2.75, 3.05) is 13.1 Å². The standard InChI is InChI=1S/C23H28N4O4/c1-3-27(4-2)16-18-13-14-19(30-18)23(29)26-25-21(28)11-8-12-22-24-15-20(31-22)17-9-6-5-7-10-17/h5-7,9-10,13-15H,3-4,8,11-12,16H2,1-2H3,(H,25,28)(H,26,29). The summed E-state index contributed by atoms with van der Waals surface area (Å²) in [4.78, 5) is 30.6. The van der Waals surface area contributed by atoms with Crippen LogP contribution < -0.4 is 10.9 Å². The summed E-state index contributed by atoms with van der Waals surface area (Å²) >= 11 is 0. The molecule has 0 atom stereocenters. The second-order valence-electron chi connectivity index (χ2n) is 7.07. The first kappa shape index (κ1) is 22.3. The predicted molar refractivity (Wildman–Crippen MR) is 116 cm³/mol. The van der Waals surface area contributed by atoms with E-state index in [9.17, 15) is 9.59 Å². The van der Waals surface area contributed by atoms with Crippen molar-refractivity contribution in [3.63, 3.8) is 0 Å². The molecular weight excluding hydrogens is 396 g/mol. The number of carbonyl (C=O) groups is 2. The number of oxazole rings is 1. The van der Waals surface area contributed by atoms with Gasteiger partial charge in [0, 0.05) is 18.4 Å². The van der Waals surface area contributed by atoms with Crippen molar-refractivity contribution in [3.05, 3.63) is 66.1 Å². The fraction of sp³-hybridized carbons (Fsp3) is 0.348. The Kier molecular flexibility index (Phi) is 8.00. The molecule has 2 amide bonds. The smallest absolute Gasteiger partial charge is 0.305 e. The summed E-state index contributed by atoms with van der Waals surface area (Å²) in [5.74, 6) is 1.37. The molecule has 2 heterocycles. The van der Waals surface area contributed by atoms with Crippen LogP contribution in [0.2, 0.25) is 0 Å². The third kappa shape index (κ3) is 6.55. The minimum absolute atomic E-state index is 0.163. The molecule has 164 valence electrons. The van der Waals surface area contributed by atoms with Gasteiger partial charge in [-0.3, -0.25) is 25.3 Å². The molecule has 0 aliphatic carbocycles. The average Bonchev–Trinajstić information content (AvgIpc) is 3.46. The summed E-state index contributed by atoms with van der Waals surface area (Å²) in [7, 11) is 0. The Hall–Kier alpha value is -3.39. The van der Waals surface area contributed by atoms with Gasteiger partial charge in [-0.25, -0.2) is 4.98 Å². The van der Waals surface area contributed by atoms with Gasteiger partial charge in [0.05, 0.1) is 12.7 Å². The van der Waals surface area contributed by atoms with Gasteiger partial charge in [0.25, 0.3) is 0 Å². The Morgan fingerprint density at radius 2 is 1.77 bits per heavy atom. The lowest BCUT2D eigenvalue weighted by Crippen LogP contribution is -2.41. The van der Waals surface area contributed by atoms with E-state index >= 15 is 0 Å². The van der Waals surface area contributed by atoms with Crippen molar-refractivity contribution in [3.8, 4) is 11.3 Å². The number of furan rings is 1. The van der Waals surface area contributed by atoms with Crippen molar-refractivity contribution in [1.29, 1.82) is 0 Å². The minimum atomic E-state index is -0.487. The second-order valence-corrected chi connectivity index (χ2v) is 7.07. The molecule has 2 aromatic heterocycles. The number of aryl methyl sites for hydroxylation is 1. The van der Waals surface area contributed by atoms with Gasteiger partial charge in [0.2, 0.25) is 5.91 Å². The zero-order chi connectivity index (χ0) is 22.1. The largest absolute Gasteiger partial charge is 0.454 e. The zero-order valence-electron chi connectivity index (χ0n) is 17.9. The number of hydrogen-bond acceptors (Lipinski definition) is 6. The van der Waals surface area contributed by atoms with Crippen LogP contribution in [0.4, 0.5) is 0 Å². The molecule has 0 saturated carbocycles. The van der Waals surface area contributed by atoms with Gasteiger partial charge in [0.15, 0.2) is 17.4 Å². The predicted octanol–water partition coefficient (Wildman–Crippen LogP) is 3.56. The molecule has 8 nitrogen and oxygen atoms in total. The number of amides is 2. The zero-order valence-corrected chi connectivity index (χ0v) is 17.9. The minimum Gasteiger partial charge on any atom is -0.454 e. The number of hydrogen-bond donors (Lipinski definition) is 2. The van der Waals surface area contributed by atoms with E-state index in [0.29, 0.717) is 36.8 Å². The molecular formula is C23H28N4O4. The van der Waals surface area contributed by atoms with Crippen LogP contribution in [-0.4, -0.2) is 34.8 Å². The molecule has 0 unspecified atom stereocenters. The second kappa shape index (κ2) is 11.1. The lowest BCUT2D eigenvalue weighted by atomic mass is 10.2. The maximum atomic E-state index is 12.2. The highest BCUT2D eigenvalue weighted by molar-refractivity contribution is 5.92. The fourth-order valence-corrected chi connectivity index (χ4v) is 3.06. The Morgan fingerprint density at radius 1 is 1.00 bits per heavy atom. The molecule has 0 fully saturated rings. The molecule has 0 spiro atoms. The summed E-state index contributed by atoms with van der Waals surface area (Å²) < 4.78 is 11.3. The summed E-state index contributed by atoms with van der Waals surface area (Å²) in [6.07, 6.45) is 2.99. The molecule has 0 bridgehead atoms. The van der Waals surface area contributed by atoms with Crippen molar-refractivity contribution < 1.29 is 18.4 Å². The van der Waals surface area contributed by atoms with Crippen LogP contribution in [0.5, 0.6) is 0 Å². The maximum absolute atomic E-state index is 12.2. The lowest BCUT2D eigenvalue weighted by Gasteiger charge is -2.15. The molecule has 0 aliphatic heterocycles. The van der Waals surface area contributed by atoms with E-state index in [1.165, 1.54) is 0 Å². The Bertz CT molecular complexity index is 976. The number of carbonyl (C=O) groups excluding carboxylic acids is 2.